The van der Waals surface area contributed by atoms with E-state index in [2.05, 4.69) is 5.32 Å². The summed E-state index contributed by atoms with van der Waals surface area (Å²) in [4.78, 5) is 0. The highest BCUT2D eigenvalue weighted by molar-refractivity contribution is 5.68. The first-order chi connectivity index (χ1) is 9.31. The van der Waals surface area contributed by atoms with Gasteiger partial charge in [-0.05, 0) is 30.5 Å². The third-order valence-corrected chi connectivity index (χ3v) is 3.21. The van der Waals surface area contributed by atoms with Crippen LogP contribution in [0.5, 0.6) is 5.75 Å². The zero-order valence-corrected chi connectivity index (χ0v) is 10.8. The van der Waals surface area contributed by atoms with Gasteiger partial charge in [-0.15, -0.1) is 0 Å². The van der Waals surface area contributed by atoms with E-state index in [1.165, 1.54) is 12.8 Å². The molecule has 1 saturated carbocycles. The van der Waals surface area contributed by atoms with Gasteiger partial charge in [0.2, 0.25) is 0 Å². The van der Waals surface area contributed by atoms with Crippen molar-refractivity contribution in [3.63, 3.8) is 0 Å². The summed E-state index contributed by atoms with van der Waals surface area (Å²) in [5.74, 6) is 0.808. The van der Waals surface area contributed by atoms with E-state index >= 15 is 0 Å². The lowest BCUT2D eigenvalue weighted by Crippen LogP contribution is -2.04. The van der Waals surface area contributed by atoms with E-state index in [1.807, 2.05) is 48.5 Å². The number of benzene rings is 2. The van der Waals surface area contributed by atoms with Crippen molar-refractivity contribution in [1.29, 1.82) is 0 Å². The fourth-order valence-corrected chi connectivity index (χ4v) is 1.95. The molecule has 3 rings (SSSR count). The second-order valence-corrected chi connectivity index (χ2v) is 4.94. The van der Waals surface area contributed by atoms with Gasteiger partial charge < -0.3 is 15.8 Å². The van der Waals surface area contributed by atoms with Crippen LogP contribution in [0.1, 0.15) is 18.4 Å². The number of hydrogen-bond acceptors (Lipinski definition) is 3. The van der Waals surface area contributed by atoms with Crippen molar-refractivity contribution in [3.05, 3.63) is 54.1 Å². The molecule has 3 heteroatoms. The molecule has 1 aliphatic carbocycles. The van der Waals surface area contributed by atoms with E-state index in [4.69, 9.17) is 10.5 Å². The van der Waals surface area contributed by atoms with Crippen LogP contribution < -0.4 is 15.8 Å². The Morgan fingerprint density at radius 1 is 1.11 bits per heavy atom. The third kappa shape index (κ3) is 3.19. The van der Waals surface area contributed by atoms with Gasteiger partial charge in [-0.2, -0.15) is 0 Å². The third-order valence-electron chi connectivity index (χ3n) is 3.21. The molecule has 0 radical (unpaired) electrons. The number of ether oxygens (including phenoxy) is 1. The Labute approximate surface area is 113 Å². The lowest BCUT2D eigenvalue weighted by Gasteiger charge is -2.11. The molecule has 3 N–H and O–H groups in total. The predicted molar refractivity (Wildman–Crippen MR) is 78.3 cm³/mol. The summed E-state index contributed by atoms with van der Waals surface area (Å²) in [5.41, 5.74) is 8.93. The molecule has 0 bridgehead atoms. The predicted octanol–water partition coefficient (Wildman–Crippen LogP) is 3.42. The molecule has 3 nitrogen and oxygen atoms in total. The molecule has 2 aromatic rings. The quantitative estimate of drug-likeness (QED) is 0.804. The van der Waals surface area contributed by atoms with E-state index in [-0.39, 0.29) is 0 Å². The van der Waals surface area contributed by atoms with Gasteiger partial charge in [0.25, 0.3) is 0 Å². The molecular formula is C16H18N2O. The molecule has 1 aliphatic rings. The van der Waals surface area contributed by atoms with Crippen molar-refractivity contribution in [2.24, 2.45) is 0 Å². The summed E-state index contributed by atoms with van der Waals surface area (Å²) in [5, 5.41) is 3.40. The fraction of sp³-hybridized carbons (Fsp3) is 0.250. The highest BCUT2D eigenvalue weighted by atomic mass is 16.5. The molecule has 0 aliphatic heterocycles. The maximum Gasteiger partial charge on any atom is 0.122 e. The van der Waals surface area contributed by atoms with E-state index in [0.29, 0.717) is 12.6 Å². The molecule has 0 heterocycles. The van der Waals surface area contributed by atoms with Gasteiger partial charge in [0, 0.05) is 12.1 Å². The Morgan fingerprint density at radius 2 is 1.89 bits per heavy atom. The molecule has 2 aromatic carbocycles. The van der Waals surface area contributed by atoms with E-state index < -0.39 is 0 Å². The summed E-state index contributed by atoms with van der Waals surface area (Å²) in [6.45, 7) is 0.565. The Balaban J connectivity index is 1.63. The first-order valence-electron chi connectivity index (χ1n) is 6.64. The van der Waals surface area contributed by atoms with Crippen molar-refractivity contribution >= 4 is 11.4 Å². The van der Waals surface area contributed by atoms with Crippen LogP contribution >= 0.6 is 0 Å². The largest absolute Gasteiger partial charge is 0.489 e. The topological polar surface area (TPSA) is 47.3 Å². The molecule has 0 amide bonds. The van der Waals surface area contributed by atoms with Gasteiger partial charge in [0.1, 0.15) is 12.4 Å². The Kier molecular flexibility index (Phi) is 3.27. The maximum atomic E-state index is 6.02. The molecule has 0 unspecified atom stereocenters. The monoisotopic (exact) mass is 254 g/mol. The van der Waals surface area contributed by atoms with E-state index in [0.717, 1.165) is 22.7 Å². The summed E-state index contributed by atoms with van der Waals surface area (Å²) >= 11 is 0. The second kappa shape index (κ2) is 5.22. The van der Waals surface area contributed by atoms with Gasteiger partial charge in [-0.1, -0.05) is 30.3 Å². The molecule has 0 spiro atoms. The minimum absolute atomic E-state index is 0.565. The van der Waals surface area contributed by atoms with Crippen molar-refractivity contribution in [3.8, 4) is 5.75 Å². The standard InChI is InChI=1S/C16H18N2O/c17-15-10-14(8-9-16(15)18-13-6-7-13)19-11-12-4-2-1-3-5-12/h1-5,8-10,13,18H,6-7,11,17H2. The number of anilines is 2. The smallest absolute Gasteiger partial charge is 0.122 e. The SMILES string of the molecule is Nc1cc(OCc2ccccc2)ccc1NC1CC1. The van der Waals surface area contributed by atoms with Gasteiger partial charge >= 0.3 is 0 Å². The van der Waals surface area contributed by atoms with Crippen LogP contribution in [-0.4, -0.2) is 6.04 Å². The Hall–Kier alpha value is -2.16. The highest BCUT2D eigenvalue weighted by Crippen LogP contribution is 2.30. The average Bonchev–Trinajstić information content (AvgIpc) is 3.24. The van der Waals surface area contributed by atoms with Crippen LogP contribution in [-0.2, 0) is 6.61 Å². The first-order valence-corrected chi connectivity index (χ1v) is 6.64. The van der Waals surface area contributed by atoms with Crippen LogP contribution in [0.3, 0.4) is 0 Å². The molecule has 0 atom stereocenters. The summed E-state index contributed by atoms with van der Waals surface area (Å²) < 4.78 is 5.74. The van der Waals surface area contributed by atoms with Gasteiger partial charge in [-0.25, -0.2) is 0 Å². The maximum absolute atomic E-state index is 6.02. The summed E-state index contributed by atoms with van der Waals surface area (Å²) in [6.07, 6.45) is 2.48. The zero-order chi connectivity index (χ0) is 13.1. The van der Waals surface area contributed by atoms with Crippen LogP contribution in [0.15, 0.2) is 48.5 Å². The van der Waals surface area contributed by atoms with Crippen molar-refractivity contribution in [2.45, 2.75) is 25.5 Å². The van der Waals surface area contributed by atoms with Gasteiger partial charge in [0.15, 0.2) is 0 Å². The lowest BCUT2D eigenvalue weighted by molar-refractivity contribution is 0.306. The Bertz CT molecular complexity index is 550. The summed E-state index contributed by atoms with van der Waals surface area (Å²) in [7, 11) is 0. The lowest BCUT2D eigenvalue weighted by atomic mass is 10.2. The Morgan fingerprint density at radius 3 is 2.58 bits per heavy atom. The highest BCUT2D eigenvalue weighted by Gasteiger charge is 2.21. The van der Waals surface area contributed by atoms with Crippen LogP contribution in [0.4, 0.5) is 11.4 Å². The van der Waals surface area contributed by atoms with Gasteiger partial charge in [-0.3, -0.25) is 0 Å². The number of nitrogens with one attached hydrogen (secondary N) is 1. The van der Waals surface area contributed by atoms with Crippen molar-refractivity contribution in [2.75, 3.05) is 11.1 Å². The average molecular weight is 254 g/mol. The second-order valence-electron chi connectivity index (χ2n) is 4.94. The van der Waals surface area contributed by atoms with Crippen LogP contribution in [0.2, 0.25) is 0 Å². The van der Waals surface area contributed by atoms with Gasteiger partial charge in [0.05, 0.1) is 11.4 Å². The van der Waals surface area contributed by atoms with Crippen LogP contribution in [0, 0.1) is 0 Å². The van der Waals surface area contributed by atoms with E-state index in [9.17, 15) is 0 Å². The molecule has 0 aromatic heterocycles. The zero-order valence-electron chi connectivity index (χ0n) is 10.8. The van der Waals surface area contributed by atoms with Crippen LogP contribution in [0.25, 0.3) is 0 Å². The summed E-state index contributed by atoms with van der Waals surface area (Å²) in [6, 6.07) is 16.6. The molecular weight excluding hydrogens is 236 g/mol. The first kappa shape index (κ1) is 11.9. The molecule has 0 saturated heterocycles. The van der Waals surface area contributed by atoms with E-state index in [1.54, 1.807) is 0 Å². The number of rotatable bonds is 5. The number of nitrogens with two attached hydrogens (primary N) is 1. The number of nitrogen functional groups attached to an aromatic ring is 1. The van der Waals surface area contributed by atoms with Crippen molar-refractivity contribution in [1.82, 2.24) is 0 Å². The fourth-order valence-electron chi connectivity index (χ4n) is 1.95. The molecule has 19 heavy (non-hydrogen) atoms. The minimum Gasteiger partial charge on any atom is -0.489 e. The molecule has 98 valence electrons. The molecule has 1 fully saturated rings. The minimum atomic E-state index is 0.565. The van der Waals surface area contributed by atoms with Crippen molar-refractivity contribution < 1.29 is 4.74 Å². The normalized spacial score (nSPS) is 14.1. The number of hydrogen-bond donors (Lipinski definition) is 2.